The van der Waals surface area contributed by atoms with Crippen LogP contribution >= 0.6 is 15.9 Å². The van der Waals surface area contributed by atoms with Crippen molar-refractivity contribution in [2.75, 3.05) is 0 Å². The van der Waals surface area contributed by atoms with Crippen LogP contribution in [0.4, 0.5) is 4.39 Å². The Morgan fingerprint density at radius 2 is 2.14 bits per heavy atom. The van der Waals surface area contributed by atoms with Gasteiger partial charge in [-0.2, -0.15) is 0 Å². The van der Waals surface area contributed by atoms with Gasteiger partial charge in [-0.15, -0.1) is 0 Å². The summed E-state index contributed by atoms with van der Waals surface area (Å²) in [6.07, 6.45) is 2.50. The van der Waals surface area contributed by atoms with Crippen LogP contribution < -0.4 is 5.32 Å². The molecule has 0 bridgehead atoms. The van der Waals surface area contributed by atoms with E-state index < -0.39 is 23.2 Å². The predicted octanol–water partition coefficient (Wildman–Crippen LogP) is 3.35. The van der Waals surface area contributed by atoms with Crippen molar-refractivity contribution in [2.24, 2.45) is 5.92 Å². The van der Waals surface area contributed by atoms with Crippen LogP contribution in [0, 0.1) is 11.7 Å². The fourth-order valence-electron chi connectivity index (χ4n) is 2.89. The molecule has 0 spiro atoms. The lowest BCUT2D eigenvalue weighted by molar-refractivity contribution is -0.146. The van der Waals surface area contributed by atoms with Gasteiger partial charge in [0.1, 0.15) is 11.4 Å². The Labute approximate surface area is 130 Å². The van der Waals surface area contributed by atoms with E-state index in [2.05, 4.69) is 21.2 Å². The Morgan fingerprint density at radius 3 is 2.71 bits per heavy atom. The maximum absolute atomic E-state index is 13.4. The number of carbonyl (C=O) groups is 2. The molecule has 1 saturated carbocycles. The van der Waals surface area contributed by atoms with Gasteiger partial charge in [0.25, 0.3) is 5.91 Å². The van der Waals surface area contributed by atoms with Gasteiger partial charge in [0.2, 0.25) is 0 Å². The van der Waals surface area contributed by atoms with Crippen LogP contribution in [-0.4, -0.2) is 22.5 Å². The van der Waals surface area contributed by atoms with E-state index in [-0.39, 0.29) is 11.5 Å². The van der Waals surface area contributed by atoms with E-state index in [0.717, 1.165) is 18.9 Å². The zero-order valence-electron chi connectivity index (χ0n) is 11.7. The Bertz CT molecular complexity index is 558. The summed E-state index contributed by atoms with van der Waals surface area (Å²) in [4.78, 5) is 23.9. The summed E-state index contributed by atoms with van der Waals surface area (Å²) < 4.78 is 13.8. The lowest BCUT2D eigenvalue weighted by Crippen LogP contribution is -2.56. The van der Waals surface area contributed by atoms with E-state index in [4.69, 9.17) is 0 Å². The van der Waals surface area contributed by atoms with Crippen molar-refractivity contribution in [1.82, 2.24) is 5.32 Å². The molecule has 0 radical (unpaired) electrons. The van der Waals surface area contributed by atoms with E-state index in [1.807, 2.05) is 6.92 Å². The number of amides is 1. The lowest BCUT2D eigenvalue weighted by atomic mass is 9.76. The maximum Gasteiger partial charge on any atom is 0.329 e. The van der Waals surface area contributed by atoms with E-state index in [1.165, 1.54) is 12.1 Å². The highest BCUT2D eigenvalue weighted by atomic mass is 79.9. The third-order valence-corrected chi connectivity index (χ3v) is 4.34. The average molecular weight is 358 g/mol. The van der Waals surface area contributed by atoms with Crippen molar-refractivity contribution >= 4 is 27.8 Å². The number of hydrogen-bond acceptors (Lipinski definition) is 2. The second kappa shape index (κ2) is 6.13. The standard InChI is InChI=1S/C15H17BrFNO3/c1-9-3-2-4-15(8-9,14(20)21)18-13(19)10-5-11(16)7-12(17)6-10/h5-7,9H,2-4,8H2,1H3,(H,18,19)(H,20,21). The van der Waals surface area contributed by atoms with Crippen molar-refractivity contribution in [3.8, 4) is 0 Å². The predicted molar refractivity (Wildman–Crippen MR) is 79.6 cm³/mol. The van der Waals surface area contributed by atoms with Crippen LogP contribution in [0.3, 0.4) is 0 Å². The summed E-state index contributed by atoms with van der Waals surface area (Å²) in [6.45, 7) is 1.97. The van der Waals surface area contributed by atoms with Crippen molar-refractivity contribution in [1.29, 1.82) is 0 Å². The molecule has 2 atom stereocenters. The zero-order chi connectivity index (χ0) is 15.6. The van der Waals surface area contributed by atoms with Crippen LogP contribution in [0.1, 0.15) is 43.0 Å². The summed E-state index contributed by atoms with van der Waals surface area (Å²) in [5.41, 5.74) is -1.14. The van der Waals surface area contributed by atoms with Gasteiger partial charge in [-0.25, -0.2) is 9.18 Å². The van der Waals surface area contributed by atoms with Gasteiger partial charge in [0, 0.05) is 10.0 Å². The Morgan fingerprint density at radius 1 is 1.43 bits per heavy atom. The molecule has 2 N–H and O–H groups in total. The third-order valence-electron chi connectivity index (χ3n) is 3.88. The molecule has 0 aromatic heterocycles. The maximum atomic E-state index is 13.4. The smallest absolute Gasteiger partial charge is 0.329 e. The SMILES string of the molecule is CC1CCCC(NC(=O)c2cc(F)cc(Br)c2)(C(=O)O)C1. The van der Waals surface area contributed by atoms with Gasteiger partial charge >= 0.3 is 5.97 Å². The van der Waals surface area contributed by atoms with Gasteiger partial charge in [0.15, 0.2) is 0 Å². The number of carbonyl (C=O) groups excluding carboxylic acids is 1. The van der Waals surface area contributed by atoms with Crippen LogP contribution in [0.2, 0.25) is 0 Å². The van der Waals surface area contributed by atoms with Crippen molar-refractivity contribution in [3.05, 3.63) is 34.1 Å². The first-order valence-electron chi connectivity index (χ1n) is 6.84. The average Bonchev–Trinajstić information content (AvgIpc) is 2.37. The molecule has 21 heavy (non-hydrogen) atoms. The van der Waals surface area contributed by atoms with Crippen molar-refractivity contribution < 1.29 is 19.1 Å². The molecular weight excluding hydrogens is 341 g/mol. The molecule has 0 heterocycles. The Balaban J connectivity index is 2.24. The van der Waals surface area contributed by atoms with E-state index in [0.29, 0.717) is 17.3 Å². The molecule has 114 valence electrons. The third kappa shape index (κ3) is 3.61. The zero-order valence-corrected chi connectivity index (χ0v) is 13.2. The molecule has 0 saturated heterocycles. The van der Waals surface area contributed by atoms with Crippen LogP contribution in [0.25, 0.3) is 0 Å². The minimum Gasteiger partial charge on any atom is -0.480 e. The molecule has 4 nitrogen and oxygen atoms in total. The van der Waals surface area contributed by atoms with E-state index >= 15 is 0 Å². The summed E-state index contributed by atoms with van der Waals surface area (Å²) in [6, 6.07) is 3.81. The lowest BCUT2D eigenvalue weighted by Gasteiger charge is -2.37. The molecule has 1 aliphatic carbocycles. The first kappa shape index (κ1) is 15.9. The molecule has 2 unspecified atom stereocenters. The van der Waals surface area contributed by atoms with E-state index in [1.54, 1.807) is 0 Å². The molecule has 2 rings (SSSR count). The van der Waals surface area contributed by atoms with Gasteiger partial charge in [0.05, 0.1) is 0 Å². The van der Waals surface area contributed by atoms with Crippen LogP contribution in [-0.2, 0) is 4.79 Å². The molecule has 6 heteroatoms. The fourth-order valence-corrected chi connectivity index (χ4v) is 3.35. The monoisotopic (exact) mass is 357 g/mol. The molecule has 1 amide bonds. The second-order valence-corrected chi connectivity index (χ2v) is 6.62. The topological polar surface area (TPSA) is 66.4 Å². The van der Waals surface area contributed by atoms with E-state index in [9.17, 15) is 19.1 Å². The number of nitrogens with one attached hydrogen (secondary N) is 1. The second-order valence-electron chi connectivity index (χ2n) is 5.70. The first-order valence-corrected chi connectivity index (χ1v) is 7.64. The van der Waals surface area contributed by atoms with Gasteiger partial charge in [-0.3, -0.25) is 4.79 Å². The number of rotatable bonds is 3. The fraction of sp³-hybridized carbons (Fsp3) is 0.467. The normalized spacial score (nSPS) is 25.4. The van der Waals surface area contributed by atoms with Gasteiger partial charge in [-0.1, -0.05) is 35.7 Å². The van der Waals surface area contributed by atoms with Gasteiger partial charge < -0.3 is 10.4 Å². The molecule has 1 fully saturated rings. The summed E-state index contributed by atoms with van der Waals surface area (Å²) >= 11 is 3.12. The molecular formula is C15H17BrFNO3. The highest BCUT2D eigenvalue weighted by molar-refractivity contribution is 9.10. The Hall–Kier alpha value is -1.43. The number of carboxylic acid groups (broad SMARTS) is 1. The number of carboxylic acids is 1. The molecule has 1 aromatic rings. The summed E-state index contributed by atoms with van der Waals surface area (Å²) in [7, 11) is 0. The highest BCUT2D eigenvalue weighted by Crippen LogP contribution is 2.33. The highest BCUT2D eigenvalue weighted by Gasteiger charge is 2.43. The quantitative estimate of drug-likeness (QED) is 0.871. The molecule has 1 aromatic carbocycles. The Kier molecular flexibility index (Phi) is 4.66. The van der Waals surface area contributed by atoms with Crippen molar-refractivity contribution in [3.63, 3.8) is 0 Å². The summed E-state index contributed by atoms with van der Waals surface area (Å²) in [5.74, 6) is -1.91. The van der Waals surface area contributed by atoms with Crippen molar-refractivity contribution in [2.45, 2.75) is 38.1 Å². The first-order chi connectivity index (χ1) is 9.82. The van der Waals surface area contributed by atoms with Crippen LogP contribution in [0.5, 0.6) is 0 Å². The van der Waals surface area contributed by atoms with Crippen LogP contribution in [0.15, 0.2) is 22.7 Å². The molecule has 0 aliphatic heterocycles. The van der Waals surface area contributed by atoms with Gasteiger partial charge in [-0.05, 0) is 37.0 Å². The number of benzene rings is 1. The minimum absolute atomic E-state index is 0.112. The largest absolute Gasteiger partial charge is 0.480 e. The minimum atomic E-state index is -1.26. The number of hydrogen-bond donors (Lipinski definition) is 2. The number of halogens is 2. The number of aliphatic carboxylic acids is 1. The summed E-state index contributed by atoms with van der Waals surface area (Å²) in [5, 5.41) is 12.1. The molecule has 1 aliphatic rings.